The van der Waals surface area contributed by atoms with E-state index in [9.17, 15) is 18.0 Å². The van der Waals surface area contributed by atoms with E-state index >= 15 is 0 Å². The van der Waals surface area contributed by atoms with Gasteiger partial charge in [-0.05, 0) is 31.4 Å². The minimum Gasteiger partial charge on any atom is -0.357 e. The summed E-state index contributed by atoms with van der Waals surface area (Å²) in [4.78, 5) is 22.2. The number of hydrogen-bond donors (Lipinski definition) is 2. The van der Waals surface area contributed by atoms with Crippen molar-refractivity contribution in [3.05, 3.63) is 45.9 Å². The molecular formula is C20H24F3N5OS. The predicted octanol–water partition coefficient (Wildman–Crippen LogP) is 3.59. The number of amides is 1. The maximum absolute atomic E-state index is 12.6. The van der Waals surface area contributed by atoms with Gasteiger partial charge in [-0.25, -0.2) is 9.98 Å². The van der Waals surface area contributed by atoms with Crippen LogP contribution >= 0.6 is 11.3 Å². The van der Waals surface area contributed by atoms with Crippen LogP contribution in [-0.2, 0) is 23.9 Å². The summed E-state index contributed by atoms with van der Waals surface area (Å²) in [5.41, 5.74) is 1.30. The molecule has 0 saturated carbocycles. The second-order valence-corrected chi connectivity index (χ2v) is 7.72. The monoisotopic (exact) mass is 439 g/mol. The fourth-order valence-corrected chi connectivity index (χ4v) is 3.90. The van der Waals surface area contributed by atoms with Gasteiger partial charge in [0.25, 0.3) is 0 Å². The number of carbonyl (C=O) groups is 1. The van der Waals surface area contributed by atoms with Gasteiger partial charge in [0.2, 0.25) is 5.91 Å². The molecule has 3 rings (SSSR count). The number of aromatic nitrogens is 1. The first-order valence-electron chi connectivity index (χ1n) is 9.80. The van der Waals surface area contributed by atoms with Crippen LogP contribution in [0.4, 0.5) is 18.9 Å². The normalized spacial score (nSPS) is 14.0. The number of aliphatic imine (C=N–C) groups is 1. The molecule has 2 aromatic rings. The summed E-state index contributed by atoms with van der Waals surface area (Å²) in [6.45, 7) is 3.80. The van der Waals surface area contributed by atoms with E-state index in [-0.39, 0.29) is 12.5 Å². The third-order valence-corrected chi connectivity index (χ3v) is 5.44. The molecule has 1 aliphatic heterocycles. The highest BCUT2D eigenvalue weighted by Gasteiger charge is 2.33. The fourth-order valence-electron chi connectivity index (χ4n) is 3.18. The van der Waals surface area contributed by atoms with Crippen LogP contribution in [0.1, 0.15) is 36.0 Å². The highest BCUT2D eigenvalue weighted by molar-refractivity contribution is 7.09. The van der Waals surface area contributed by atoms with Crippen LogP contribution in [0.2, 0.25) is 0 Å². The predicted molar refractivity (Wildman–Crippen MR) is 112 cm³/mol. The van der Waals surface area contributed by atoms with E-state index in [2.05, 4.69) is 20.6 Å². The zero-order chi connectivity index (χ0) is 21.6. The number of anilines is 1. The van der Waals surface area contributed by atoms with Crippen LogP contribution in [-0.4, -0.2) is 36.5 Å². The van der Waals surface area contributed by atoms with Crippen molar-refractivity contribution < 1.29 is 18.0 Å². The molecule has 0 spiro atoms. The van der Waals surface area contributed by atoms with Gasteiger partial charge in [0.1, 0.15) is 5.01 Å². The van der Waals surface area contributed by atoms with Crippen molar-refractivity contribution in [3.8, 4) is 0 Å². The molecule has 6 nitrogen and oxygen atoms in total. The molecule has 10 heteroatoms. The highest BCUT2D eigenvalue weighted by Crippen LogP contribution is 2.30. The van der Waals surface area contributed by atoms with Crippen molar-refractivity contribution in [3.63, 3.8) is 0 Å². The topological polar surface area (TPSA) is 69.6 Å². The van der Waals surface area contributed by atoms with Gasteiger partial charge in [-0.3, -0.25) is 4.79 Å². The van der Waals surface area contributed by atoms with E-state index in [1.807, 2.05) is 36.1 Å². The van der Waals surface area contributed by atoms with Crippen molar-refractivity contribution in [2.24, 2.45) is 4.99 Å². The Kier molecular flexibility index (Phi) is 7.30. The molecule has 0 radical (unpaired) electrons. The zero-order valence-electron chi connectivity index (χ0n) is 16.6. The average molecular weight is 440 g/mol. The smallest absolute Gasteiger partial charge is 0.357 e. The fraction of sp³-hybridized carbons (Fsp3) is 0.450. The Bertz CT molecular complexity index is 897. The van der Waals surface area contributed by atoms with Gasteiger partial charge in [-0.2, -0.15) is 13.2 Å². The van der Waals surface area contributed by atoms with Crippen LogP contribution < -0.4 is 15.5 Å². The lowest BCUT2D eigenvalue weighted by Gasteiger charge is -2.17. The zero-order valence-corrected chi connectivity index (χ0v) is 17.4. The van der Waals surface area contributed by atoms with Gasteiger partial charge >= 0.3 is 6.18 Å². The van der Waals surface area contributed by atoms with Crippen molar-refractivity contribution in [1.29, 1.82) is 0 Å². The Hall–Kier alpha value is -2.62. The average Bonchev–Trinajstić information content (AvgIpc) is 3.36. The molecule has 1 aromatic carbocycles. The number of nitrogens with zero attached hydrogens (tertiary/aromatic N) is 3. The third-order valence-electron chi connectivity index (χ3n) is 4.61. The number of hydrogen-bond acceptors (Lipinski definition) is 4. The van der Waals surface area contributed by atoms with E-state index in [0.717, 1.165) is 28.8 Å². The largest absolute Gasteiger partial charge is 0.434 e. The summed E-state index contributed by atoms with van der Waals surface area (Å²) in [6.07, 6.45) is -2.53. The molecule has 1 amide bonds. The lowest BCUT2D eigenvalue weighted by Crippen LogP contribution is -2.38. The summed E-state index contributed by atoms with van der Waals surface area (Å²) in [5.74, 6) is 0.575. The molecule has 2 heterocycles. The van der Waals surface area contributed by atoms with Gasteiger partial charge in [0.15, 0.2) is 11.7 Å². The molecule has 162 valence electrons. The minimum absolute atomic E-state index is 0.0551. The van der Waals surface area contributed by atoms with Crippen LogP contribution in [0.25, 0.3) is 0 Å². The number of alkyl halides is 3. The van der Waals surface area contributed by atoms with E-state index < -0.39 is 11.9 Å². The standard InChI is InChI=1S/C20H24F3N5OS/c1-2-24-19(26-12-17-27-16(13-30-17)20(21,22)23)25-10-5-8-18(29)28-11-9-14-6-3-4-7-15(14)28/h3-4,6-7,13H,2,5,8-12H2,1H3,(H2,24,25,26). The Morgan fingerprint density at radius 2 is 2.10 bits per heavy atom. The molecule has 0 saturated heterocycles. The molecule has 2 N–H and O–H groups in total. The number of rotatable bonds is 7. The first-order valence-corrected chi connectivity index (χ1v) is 10.7. The summed E-state index contributed by atoms with van der Waals surface area (Å²) in [5, 5.41) is 7.45. The quantitative estimate of drug-likeness (QED) is 0.393. The SMILES string of the molecule is CCNC(=NCc1nc(C(F)(F)F)cs1)NCCCC(=O)N1CCc2ccccc21. The van der Waals surface area contributed by atoms with E-state index in [4.69, 9.17) is 0 Å². The summed E-state index contributed by atoms with van der Waals surface area (Å²) in [7, 11) is 0. The molecule has 0 atom stereocenters. The number of para-hydroxylation sites is 1. The number of fused-ring (bicyclic) bond motifs is 1. The Balaban J connectivity index is 1.46. The van der Waals surface area contributed by atoms with Crippen molar-refractivity contribution in [1.82, 2.24) is 15.6 Å². The molecule has 0 bridgehead atoms. The number of guanidine groups is 1. The van der Waals surface area contributed by atoms with Crippen molar-refractivity contribution >= 4 is 28.9 Å². The van der Waals surface area contributed by atoms with E-state index in [0.29, 0.717) is 43.4 Å². The second-order valence-electron chi connectivity index (χ2n) is 6.77. The van der Waals surface area contributed by atoms with E-state index in [1.54, 1.807) is 0 Å². The van der Waals surface area contributed by atoms with Crippen LogP contribution in [0, 0.1) is 0 Å². The van der Waals surface area contributed by atoms with Gasteiger partial charge in [0.05, 0.1) is 6.54 Å². The van der Waals surface area contributed by atoms with Gasteiger partial charge in [-0.15, -0.1) is 11.3 Å². The maximum atomic E-state index is 12.6. The summed E-state index contributed by atoms with van der Waals surface area (Å²) in [6, 6.07) is 7.93. The maximum Gasteiger partial charge on any atom is 0.434 e. The highest BCUT2D eigenvalue weighted by atomic mass is 32.1. The molecule has 0 unspecified atom stereocenters. The first-order chi connectivity index (χ1) is 14.4. The lowest BCUT2D eigenvalue weighted by atomic mass is 10.2. The third kappa shape index (κ3) is 5.71. The summed E-state index contributed by atoms with van der Waals surface area (Å²) < 4.78 is 37.9. The molecule has 0 fully saturated rings. The van der Waals surface area contributed by atoms with E-state index in [1.165, 1.54) is 5.56 Å². The number of carbonyl (C=O) groups excluding carboxylic acids is 1. The Morgan fingerprint density at radius 3 is 2.83 bits per heavy atom. The minimum atomic E-state index is -4.44. The van der Waals surface area contributed by atoms with Crippen LogP contribution in [0.15, 0.2) is 34.6 Å². The van der Waals surface area contributed by atoms with Gasteiger partial charge < -0.3 is 15.5 Å². The molecule has 0 aliphatic carbocycles. The van der Waals surface area contributed by atoms with Crippen molar-refractivity contribution in [2.45, 2.75) is 38.9 Å². The van der Waals surface area contributed by atoms with Crippen LogP contribution in [0.5, 0.6) is 0 Å². The number of nitrogens with one attached hydrogen (secondary N) is 2. The molecule has 30 heavy (non-hydrogen) atoms. The van der Waals surface area contributed by atoms with Crippen molar-refractivity contribution in [2.75, 3.05) is 24.5 Å². The van der Waals surface area contributed by atoms with Gasteiger partial charge in [-0.1, -0.05) is 18.2 Å². The Labute approximate surface area is 177 Å². The Morgan fingerprint density at radius 1 is 1.30 bits per heavy atom. The molecule has 1 aromatic heterocycles. The second kappa shape index (κ2) is 9.92. The van der Waals surface area contributed by atoms with Gasteiger partial charge in [0, 0.05) is 37.1 Å². The molecular weight excluding hydrogens is 415 g/mol. The molecule has 1 aliphatic rings. The van der Waals surface area contributed by atoms with Crippen LogP contribution in [0.3, 0.4) is 0 Å². The number of halogens is 3. The lowest BCUT2D eigenvalue weighted by molar-refractivity contribution is -0.140. The first kappa shape index (κ1) is 22.1. The number of benzene rings is 1. The summed E-state index contributed by atoms with van der Waals surface area (Å²) >= 11 is 0.933. The number of thiazole rings is 1.